The average Bonchev–Trinajstić information content (AvgIpc) is 2.13. The number of rotatable bonds is 3. The minimum atomic E-state index is -0.530. The van der Waals surface area contributed by atoms with Gasteiger partial charge in [0.25, 0.3) is 0 Å². The normalized spacial score (nSPS) is 10.3. The zero-order valence-corrected chi connectivity index (χ0v) is 8.78. The summed E-state index contributed by atoms with van der Waals surface area (Å²) < 4.78 is 13.5. The summed E-state index contributed by atoms with van der Waals surface area (Å²) in [6, 6.07) is 3.08. The first-order chi connectivity index (χ1) is 6.57. The largest absolute Gasteiger partial charge is 0.313 e. The molecule has 76 valence electrons. The van der Waals surface area contributed by atoms with E-state index in [1.165, 1.54) is 6.07 Å². The lowest BCUT2D eigenvalue weighted by molar-refractivity contribution is 0.0989. The number of carbonyl (C=O) groups is 1. The Balaban J connectivity index is 3.18. The number of carbonyl (C=O) groups excluding carboxylic acids is 1. The molecule has 1 N–H and O–H groups in total. The minimum Gasteiger partial charge on any atom is -0.313 e. The fraction of sp³-hybridized carbons (Fsp3) is 0.300. The second kappa shape index (κ2) is 4.53. The molecule has 0 aromatic heterocycles. The SMILES string of the molecule is CNCC(=O)c1c(Cl)ccc(C)c1F. The average molecular weight is 216 g/mol. The molecule has 0 saturated heterocycles. The van der Waals surface area contributed by atoms with Crippen LogP contribution < -0.4 is 5.32 Å². The summed E-state index contributed by atoms with van der Waals surface area (Å²) in [4.78, 5) is 11.5. The van der Waals surface area contributed by atoms with E-state index in [0.29, 0.717) is 5.56 Å². The molecule has 0 aliphatic rings. The molecule has 0 radical (unpaired) electrons. The van der Waals surface area contributed by atoms with Crippen LogP contribution in [-0.2, 0) is 0 Å². The van der Waals surface area contributed by atoms with Crippen molar-refractivity contribution >= 4 is 17.4 Å². The predicted octanol–water partition coefficient (Wildman–Crippen LogP) is 2.19. The van der Waals surface area contributed by atoms with Crippen LogP contribution in [0.1, 0.15) is 15.9 Å². The van der Waals surface area contributed by atoms with E-state index in [0.717, 1.165) is 0 Å². The molecule has 0 bridgehead atoms. The Morgan fingerprint density at radius 1 is 1.57 bits per heavy atom. The standard InChI is InChI=1S/C10H11ClFNO/c1-6-3-4-7(11)9(10(6)12)8(14)5-13-2/h3-4,13H,5H2,1-2H3. The highest BCUT2D eigenvalue weighted by Gasteiger charge is 2.16. The molecule has 0 heterocycles. The van der Waals surface area contributed by atoms with E-state index in [9.17, 15) is 9.18 Å². The second-order valence-electron chi connectivity index (χ2n) is 3.01. The van der Waals surface area contributed by atoms with Gasteiger partial charge in [-0.05, 0) is 25.6 Å². The zero-order valence-electron chi connectivity index (χ0n) is 8.03. The number of aryl methyl sites for hydroxylation is 1. The van der Waals surface area contributed by atoms with E-state index >= 15 is 0 Å². The van der Waals surface area contributed by atoms with Crippen molar-refractivity contribution < 1.29 is 9.18 Å². The molecule has 0 saturated carbocycles. The summed E-state index contributed by atoms with van der Waals surface area (Å²) in [5.74, 6) is -0.864. The third-order valence-electron chi connectivity index (χ3n) is 1.90. The Labute approximate surface area is 87.1 Å². The highest BCUT2D eigenvalue weighted by Crippen LogP contribution is 2.22. The van der Waals surface area contributed by atoms with Gasteiger partial charge in [0.15, 0.2) is 5.78 Å². The third kappa shape index (κ3) is 2.11. The van der Waals surface area contributed by atoms with Gasteiger partial charge in [-0.1, -0.05) is 17.7 Å². The van der Waals surface area contributed by atoms with Crippen LogP contribution >= 0.6 is 11.6 Å². The van der Waals surface area contributed by atoms with Crippen LogP contribution in [0.3, 0.4) is 0 Å². The third-order valence-corrected chi connectivity index (χ3v) is 2.22. The maximum absolute atomic E-state index is 13.5. The molecule has 2 nitrogen and oxygen atoms in total. The van der Waals surface area contributed by atoms with Crippen LogP contribution in [0.25, 0.3) is 0 Å². The van der Waals surface area contributed by atoms with Crippen molar-refractivity contribution in [2.45, 2.75) is 6.92 Å². The topological polar surface area (TPSA) is 29.1 Å². The van der Waals surface area contributed by atoms with Gasteiger partial charge in [0.2, 0.25) is 0 Å². The molecule has 0 amide bonds. The van der Waals surface area contributed by atoms with Gasteiger partial charge in [-0.15, -0.1) is 0 Å². The predicted molar refractivity (Wildman–Crippen MR) is 54.4 cm³/mol. The summed E-state index contributed by atoms with van der Waals surface area (Å²) in [5.41, 5.74) is 0.398. The van der Waals surface area contributed by atoms with E-state index in [1.54, 1.807) is 20.0 Å². The number of hydrogen-bond donors (Lipinski definition) is 1. The minimum absolute atomic E-state index is 0.0268. The summed E-state index contributed by atoms with van der Waals surface area (Å²) in [5, 5.41) is 2.83. The lowest BCUT2D eigenvalue weighted by Crippen LogP contribution is -2.20. The maximum Gasteiger partial charge on any atom is 0.181 e. The zero-order chi connectivity index (χ0) is 10.7. The molecule has 0 aliphatic heterocycles. The molecule has 14 heavy (non-hydrogen) atoms. The van der Waals surface area contributed by atoms with E-state index in [2.05, 4.69) is 5.32 Å². The smallest absolute Gasteiger partial charge is 0.181 e. The summed E-state index contributed by atoms with van der Waals surface area (Å²) in [7, 11) is 1.62. The molecule has 4 heteroatoms. The van der Waals surface area contributed by atoms with E-state index in [4.69, 9.17) is 11.6 Å². The van der Waals surface area contributed by atoms with Crippen LogP contribution in [0.15, 0.2) is 12.1 Å². The summed E-state index contributed by atoms with van der Waals surface area (Å²) in [6.45, 7) is 1.68. The number of nitrogens with one attached hydrogen (secondary N) is 1. The Kier molecular flexibility index (Phi) is 3.61. The van der Waals surface area contributed by atoms with Gasteiger partial charge in [0.05, 0.1) is 17.1 Å². The van der Waals surface area contributed by atoms with E-state index in [-0.39, 0.29) is 22.9 Å². The number of hydrogen-bond acceptors (Lipinski definition) is 2. The van der Waals surface area contributed by atoms with Gasteiger partial charge in [0, 0.05) is 0 Å². The molecule has 0 unspecified atom stereocenters. The fourth-order valence-electron chi connectivity index (χ4n) is 1.16. The molecule has 0 fully saturated rings. The molecule has 0 spiro atoms. The quantitative estimate of drug-likeness (QED) is 0.784. The van der Waals surface area contributed by atoms with Crippen molar-refractivity contribution in [1.82, 2.24) is 5.32 Å². The first-order valence-electron chi connectivity index (χ1n) is 4.20. The van der Waals surface area contributed by atoms with Crippen LogP contribution in [-0.4, -0.2) is 19.4 Å². The van der Waals surface area contributed by atoms with E-state index < -0.39 is 5.82 Å². The monoisotopic (exact) mass is 215 g/mol. The first kappa shape index (κ1) is 11.1. The number of likely N-dealkylation sites (N-methyl/N-ethyl adjacent to an activating group) is 1. The van der Waals surface area contributed by atoms with Crippen molar-refractivity contribution in [2.75, 3.05) is 13.6 Å². The van der Waals surface area contributed by atoms with Crippen molar-refractivity contribution in [1.29, 1.82) is 0 Å². The molecule has 1 rings (SSSR count). The molecule has 0 atom stereocenters. The number of benzene rings is 1. The Hall–Kier alpha value is -0.930. The molecule has 0 aliphatic carbocycles. The lowest BCUT2D eigenvalue weighted by Gasteiger charge is -2.06. The lowest BCUT2D eigenvalue weighted by atomic mass is 10.1. The number of halogens is 2. The van der Waals surface area contributed by atoms with Crippen LogP contribution in [0.5, 0.6) is 0 Å². The highest BCUT2D eigenvalue weighted by molar-refractivity contribution is 6.34. The molecule has 1 aromatic rings. The van der Waals surface area contributed by atoms with Gasteiger partial charge in [-0.3, -0.25) is 4.79 Å². The molecule has 1 aromatic carbocycles. The van der Waals surface area contributed by atoms with E-state index in [1.807, 2.05) is 0 Å². The van der Waals surface area contributed by atoms with Crippen molar-refractivity contribution in [2.24, 2.45) is 0 Å². The fourth-order valence-corrected chi connectivity index (χ4v) is 1.41. The Morgan fingerprint density at radius 2 is 2.21 bits per heavy atom. The second-order valence-corrected chi connectivity index (χ2v) is 3.41. The van der Waals surface area contributed by atoms with Crippen molar-refractivity contribution in [3.63, 3.8) is 0 Å². The summed E-state index contributed by atoms with van der Waals surface area (Å²) >= 11 is 5.74. The van der Waals surface area contributed by atoms with Gasteiger partial charge in [-0.25, -0.2) is 4.39 Å². The van der Waals surface area contributed by atoms with Gasteiger partial charge < -0.3 is 5.32 Å². The summed E-state index contributed by atoms with van der Waals surface area (Å²) in [6.07, 6.45) is 0. The first-order valence-corrected chi connectivity index (χ1v) is 4.58. The van der Waals surface area contributed by atoms with Crippen LogP contribution in [0.4, 0.5) is 4.39 Å². The van der Waals surface area contributed by atoms with Crippen LogP contribution in [0, 0.1) is 12.7 Å². The Morgan fingerprint density at radius 3 is 2.79 bits per heavy atom. The number of ketones is 1. The van der Waals surface area contributed by atoms with Crippen molar-refractivity contribution in [3.05, 3.63) is 34.1 Å². The maximum atomic E-state index is 13.5. The Bertz CT molecular complexity index is 365. The van der Waals surface area contributed by atoms with Gasteiger partial charge in [-0.2, -0.15) is 0 Å². The van der Waals surface area contributed by atoms with Gasteiger partial charge >= 0.3 is 0 Å². The number of Topliss-reactive ketones (excluding diaryl/α,β-unsaturated/α-hetero) is 1. The molecular weight excluding hydrogens is 205 g/mol. The van der Waals surface area contributed by atoms with Crippen LogP contribution in [0.2, 0.25) is 5.02 Å². The highest BCUT2D eigenvalue weighted by atomic mass is 35.5. The van der Waals surface area contributed by atoms with Gasteiger partial charge in [0.1, 0.15) is 5.82 Å². The molecular formula is C10H11ClFNO. The van der Waals surface area contributed by atoms with Crippen molar-refractivity contribution in [3.8, 4) is 0 Å².